The summed E-state index contributed by atoms with van der Waals surface area (Å²) in [6.07, 6.45) is 2.45. The summed E-state index contributed by atoms with van der Waals surface area (Å²) in [5.74, 6) is 1.37. The number of hydrogen-bond donors (Lipinski definition) is 2. The number of aliphatic imine (C=N–C) groups is 1. The van der Waals surface area contributed by atoms with E-state index in [9.17, 15) is 4.39 Å². The van der Waals surface area contributed by atoms with Crippen molar-refractivity contribution in [2.24, 2.45) is 10.9 Å². The van der Waals surface area contributed by atoms with Gasteiger partial charge in [0, 0.05) is 20.2 Å². The summed E-state index contributed by atoms with van der Waals surface area (Å²) in [6, 6.07) is 6.37. The maximum Gasteiger partial charge on any atom is 0.191 e. The number of ether oxygens (including phenoxy) is 1. The topological polar surface area (TPSA) is 45.7 Å². The van der Waals surface area contributed by atoms with Crippen molar-refractivity contribution in [3.05, 3.63) is 35.6 Å². The first-order chi connectivity index (χ1) is 10.2. The Morgan fingerprint density at radius 1 is 1.33 bits per heavy atom. The normalized spacial score (nSPS) is 16.6. The molecule has 0 amide bonds. The highest BCUT2D eigenvalue weighted by atomic mass is 19.1. The van der Waals surface area contributed by atoms with Crippen molar-refractivity contribution in [2.45, 2.75) is 25.9 Å². The molecule has 0 spiro atoms. The van der Waals surface area contributed by atoms with Gasteiger partial charge in [-0.15, -0.1) is 0 Å². The number of nitrogens with one attached hydrogen (secondary N) is 2. The fourth-order valence-electron chi connectivity index (χ4n) is 2.07. The Morgan fingerprint density at radius 3 is 2.62 bits per heavy atom. The zero-order chi connectivity index (χ0) is 15.1. The van der Waals surface area contributed by atoms with Gasteiger partial charge < -0.3 is 15.4 Å². The number of rotatable bonds is 7. The molecule has 0 radical (unpaired) electrons. The lowest BCUT2D eigenvalue weighted by Crippen LogP contribution is -2.38. The van der Waals surface area contributed by atoms with Crippen LogP contribution in [0, 0.1) is 11.7 Å². The molecule has 0 bridgehead atoms. The van der Waals surface area contributed by atoms with Gasteiger partial charge in [-0.05, 0) is 43.4 Å². The zero-order valence-electron chi connectivity index (χ0n) is 12.7. The molecule has 21 heavy (non-hydrogen) atoms. The fraction of sp³-hybridized carbons (Fsp3) is 0.562. The first-order valence-electron chi connectivity index (χ1n) is 7.53. The predicted octanol–water partition coefficient (Wildman–Crippen LogP) is 2.48. The van der Waals surface area contributed by atoms with Crippen molar-refractivity contribution in [1.29, 1.82) is 0 Å². The highest BCUT2D eigenvalue weighted by Crippen LogP contribution is 2.27. The summed E-state index contributed by atoms with van der Waals surface area (Å²) in [5, 5.41) is 6.58. The second-order valence-corrected chi connectivity index (χ2v) is 5.32. The Kier molecular flexibility index (Phi) is 5.99. The molecule has 1 aliphatic carbocycles. The predicted molar refractivity (Wildman–Crippen MR) is 82.9 cm³/mol. The third-order valence-corrected chi connectivity index (χ3v) is 3.54. The molecule has 2 N–H and O–H groups in total. The van der Waals surface area contributed by atoms with Crippen LogP contribution in [0.2, 0.25) is 0 Å². The standard InChI is InChI=1S/C16H24FN3O/c1-3-18-16(19-10-12-4-5-12)20-11-15(21-2)13-6-8-14(17)9-7-13/h6-9,12,15H,3-5,10-11H2,1-2H3,(H2,18,19,20). The molecule has 1 atom stereocenters. The molecule has 1 saturated carbocycles. The molecule has 0 heterocycles. The van der Waals surface area contributed by atoms with Crippen molar-refractivity contribution in [1.82, 2.24) is 10.6 Å². The van der Waals surface area contributed by atoms with Crippen LogP contribution >= 0.6 is 0 Å². The number of hydrogen-bond acceptors (Lipinski definition) is 2. The van der Waals surface area contributed by atoms with E-state index in [1.165, 1.54) is 25.0 Å². The third-order valence-electron chi connectivity index (χ3n) is 3.54. The maximum absolute atomic E-state index is 13.0. The smallest absolute Gasteiger partial charge is 0.191 e. The van der Waals surface area contributed by atoms with Crippen LogP contribution in [0.3, 0.4) is 0 Å². The van der Waals surface area contributed by atoms with Crippen molar-refractivity contribution in [3.63, 3.8) is 0 Å². The Labute approximate surface area is 125 Å². The monoisotopic (exact) mass is 293 g/mol. The minimum atomic E-state index is -0.239. The summed E-state index contributed by atoms with van der Waals surface area (Å²) < 4.78 is 18.4. The fourth-order valence-corrected chi connectivity index (χ4v) is 2.07. The lowest BCUT2D eigenvalue weighted by atomic mass is 10.1. The van der Waals surface area contributed by atoms with E-state index in [-0.39, 0.29) is 11.9 Å². The average molecular weight is 293 g/mol. The summed E-state index contributed by atoms with van der Waals surface area (Å²) >= 11 is 0. The molecule has 0 saturated heterocycles. The summed E-state index contributed by atoms with van der Waals surface area (Å²) in [6.45, 7) is 4.34. The quantitative estimate of drug-likeness (QED) is 0.600. The highest BCUT2D eigenvalue weighted by molar-refractivity contribution is 5.79. The zero-order valence-corrected chi connectivity index (χ0v) is 12.7. The number of guanidine groups is 1. The van der Waals surface area contributed by atoms with Gasteiger partial charge in [0.15, 0.2) is 5.96 Å². The minimum Gasteiger partial charge on any atom is -0.375 e. The molecule has 5 heteroatoms. The Hall–Kier alpha value is -1.62. The molecule has 1 aromatic rings. The lowest BCUT2D eigenvalue weighted by molar-refractivity contribution is 0.111. The molecule has 1 fully saturated rings. The second kappa shape index (κ2) is 7.98. The molecule has 1 aliphatic rings. The molecular formula is C16H24FN3O. The van der Waals surface area contributed by atoms with Crippen LogP contribution in [0.4, 0.5) is 4.39 Å². The van der Waals surface area contributed by atoms with Gasteiger partial charge in [0.1, 0.15) is 11.9 Å². The van der Waals surface area contributed by atoms with Crippen LogP contribution in [0.15, 0.2) is 29.3 Å². The Morgan fingerprint density at radius 2 is 2.05 bits per heavy atom. The molecule has 0 aromatic heterocycles. The van der Waals surface area contributed by atoms with Gasteiger partial charge in [-0.25, -0.2) is 4.39 Å². The molecule has 1 aromatic carbocycles. The minimum absolute atomic E-state index is 0.165. The van der Waals surface area contributed by atoms with E-state index in [1.54, 1.807) is 19.2 Å². The van der Waals surface area contributed by atoms with Crippen molar-refractivity contribution in [2.75, 3.05) is 26.7 Å². The van der Waals surface area contributed by atoms with Crippen LogP contribution in [-0.2, 0) is 4.74 Å². The van der Waals surface area contributed by atoms with Gasteiger partial charge >= 0.3 is 0 Å². The Bertz CT molecular complexity index is 457. The highest BCUT2D eigenvalue weighted by Gasteiger charge is 2.21. The number of benzene rings is 1. The maximum atomic E-state index is 13.0. The van der Waals surface area contributed by atoms with E-state index < -0.39 is 0 Å². The first-order valence-corrected chi connectivity index (χ1v) is 7.53. The van der Waals surface area contributed by atoms with Crippen LogP contribution in [0.5, 0.6) is 0 Å². The van der Waals surface area contributed by atoms with E-state index in [4.69, 9.17) is 4.74 Å². The molecule has 1 unspecified atom stereocenters. The van der Waals surface area contributed by atoms with E-state index in [0.717, 1.165) is 30.5 Å². The van der Waals surface area contributed by atoms with Crippen molar-refractivity contribution in [3.8, 4) is 0 Å². The van der Waals surface area contributed by atoms with Gasteiger partial charge in [0.05, 0.1) is 6.54 Å². The third kappa shape index (κ3) is 5.34. The molecule has 0 aliphatic heterocycles. The molecule has 116 valence electrons. The van der Waals surface area contributed by atoms with Gasteiger partial charge in [-0.3, -0.25) is 4.99 Å². The summed E-state index contributed by atoms with van der Waals surface area (Å²) in [7, 11) is 1.65. The number of halogens is 1. The summed E-state index contributed by atoms with van der Waals surface area (Å²) in [5.41, 5.74) is 0.931. The number of nitrogens with zero attached hydrogens (tertiary/aromatic N) is 1. The van der Waals surface area contributed by atoms with E-state index in [1.807, 2.05) is 6.92 Å². The van der Waals surface area contributed by atoms with E-state index in [2.05, 4.69) is 15.6 Å². The van der Waals surface area contributed by atoms with E-state index in [0.29, 0.717) is 6.54 Å². The van der Waals surface area contributed by atoms with Gasteiger partial charge in [0.25, 0.3) is 0 Å². The van der Waals surface area contributed by atoms with Crippen molar-refractivity contribution < 1.29 is 9.13 Å². The van der Waals surface area contributed by atoms with Crippen LogP contribution in [-0.4, -0.2) is 32.7 Å². The lowest BCUT2D eigenvalue weighted by Gasteiger charge is -2.16. The average Bonchev–Trinajstić information content (AvgIpc) is 3.31. The van der Waals surface area contributed by atoms with Crippen LogP contribution < -0.4 is 10.6 Å². The van der Waals surface area contributed by atoms with Crippen LogP contribution in [0.1, 0.15) is 31.4 Å². The molecule has 4 nitrogen and oxygen atoms in total. The summed E-state index contributed by atoms with van der Waals surface area (Å²) in [4.78, 5) is 4.56. The first kappa shape index (κ1) is 15.8. The van der Waals surface area contributed by atoms with E-state index >= 15 is 0 Å². The largest absolute Gasteiger partial charge is 0.375 e. The SMILES string of the molecule is CCNC(=NCC(OC)c1ccc(F)cc1)NCC1CC1. The Balaban J connectivity index is 1.93. The molecular weight excluding hydrogens is 269 g/mol. The van der Waals surface area contributed by atoms with Gasteiger partial charge in [-0.1, -0.05) is 12.1 Å². The second-order valence-electron chi connectivity index (χ2n) is 5.32. The van der Waals surface area contributed by atoms with Crippen molar-refractivity contribution >= 4 is 5.96 Å². The van der Waals surface area contributed by atoms with Crippen LogP contribution in [0.25, 0.3) is 0 Å². The van der Waals surface area contributed by atoms with Gasteiger partial charge in [0.2, 0.25) is 0 Å². The number of methoxy groups -OCH3 is 1. The van der Waals surface area contributed by atoms with Gasteiger partial charge in [-0.2, -0.15) is 0 Å². The molecule has 2 rings (SSSR count).